The molecule has 1 aliphatic heterocycles. The summed E-state index contributed by atoms with van der Waals surface area (Å²) in [4.78, 5) is 27.8. The Kier molecular flexibility index (Phi) is 5.34. The van der Waals surface area contributed by atoms with E-state index < -0.39 is 17.7 Å². The molecule has 0 bridgehead atoms. The van der Waals surface area contributed by atoms with Crippen LogP contribution in [-0.4, -0.2) is 23.9 Å². The number of hydrogen-bond donors (Lipinski definition) is 1. The molecule has 1 N–H and O–H groups in total. The number of aliphatic hydroxyl groups excluding tert-OH is 1. The van der Waals surface area contributed by atoms with Gasteiger partial charge in [0.1, 0.15) is 11.5 Å². The standard InChI is InChI=1S/C26H23NO4/c1-16-7-6-9-19(15-16)23-22(24(28)18-11-13-20(31-3)14-12-18)25(29)26(30)27(23)21-10-5-4-8-17(21)2/h4-15,23,28H,1-3H3/b24-22-. The van der Waals surface area contributed by atoms with Crippen LogP contribution in [-0.2, 0) is 9.59 Å². The predicted octanol–water partition coefficient (Wildman–Crippen LogP) is 4.94. The Balaban J connectivity index is 1.95. The van der Waals surface area contributed by atoms with Gasteiger partial charge < -0.3 is 9.84 Å². The Morgan fingerprint density at radius 1 is 0.935 bits per heavy atom. The van der Waals surface area contributed by atoms with Crippen LogP contribution in [0.5, 0.6) is 5.75 Å². The van der Waals surface area contributed by atoms with E-state index in [-0.39, 0.29) is 11.3 Å². The van der Waals surface area contributed by atoms with E-state index in [4.69, 9.17) is 4.74 Å². The maximum atomic E-state index is 13.2. The molecule has 1 unspecified atom stereocenters. The lowest BCUT2D eigenvalue weighted by Gasteiger charge is -2.27. The Labute approximate surface area is 181 Å². The number of Topliss-reactive ketones (excluding diaryl/α,β-unsaturated/α-hetero) is 1. The summed E-state index contributed by atoms with van der Waals surface area (Å²) < 4.78 is 5.18. The first-order valence-corrected chi connectivity index (χ1v) is 10.00. The molecule has 3 aromatic rings. The number of ether oxygens (including phenoxy) is 1. The molecule has 1 fully saturated rings. The van der Waals surface area contributed by atoms with Crippen molar-refractivity contribution in [3.8, 4) is 5.75 Å². The van der Waals surface area contributed by atoms with Gasteiger partial charge in [-0.3, -0.25) is 14.5 Å². The predicted molar refractivity (Wildman–Crippen MR) is 120 cm³/mol. The number of amides is 1. The second-order valence-electron chi connectivity index (χ2n) is 7.60. The zero-order valence-corrected chi connectivity index (χ0v) is 17.6. The van der Waals surface area contributed by atoms with Crippen LogP contribution in [0, 0.1) is 13.8 Å². The third kappa shape index (κ3) is 3.59. The zero-order chi connectivity index (χ0) is 22.1. The van der Waals surface area contributed by atoms with Crippen molar-refractivity contribution in [1.82, 2.24) is 0 Å². The van der Waals surface area contributed by atoms with Crippen molar-refractivity contribution in [3.05, 3.63) is 101 Å². The summed E-state index contributed by atoms with van der Waals surface area (Å²) in [6.45, 7) is 3.85. The third-order valence-electron chi connectivity index (χ3n) is 5.54. The molecule has 1 amide bonds. The molecule has 5 nitrogen and oxygen atoms in total. The quantitative estimate of drug-likeness (QED) is 0.374. The first-order chi connectivity index (χ1) is 14.9. The van der Waals surface area contributed by atoms with Gasteiger partial charge in [-0.1, -0.05) is 48.0 Å². The van der Waals surface area contributed by atoms with Crippen molar-refractivity contribution in [2.45, 2.75) is 19.9 Å². The molecule has 0 aromatic heterocycles. The van der Waals surface area contributed by atoms with Gasteiger partial charge in [-0.2, -0.15) is 0 Å². The lowest BCUT2D eigenvalue weighted by atomic mass is 9.94. The zero-order valence-electron chi connectivity index (χ0n) is 17.6. The molecule has 0 radical (unpaired) electrons. The Morgan fingerprint density at radius 2 is 1.65 bits per heavy atom. The summed E-state index contributed by atoms with van der Waals surface area (Å²) in [6, 6.07) is 21.1. The van der Waals surface area contributed by atoms with Crippen molar-refractivity contribution in [2.24, 2.45) is 0 Å². The molecule has 1 aliphatic rings. The van der Waals surface area contributed by atoms with Crippen molar-refractivity contribution >= 4 is 23.1 Å². The van der Waals surface area contributed by atoms with Gasteiger partial charge in [0.05, 0.1) is 18.7 Å². The lowest BCUT2D eigenvalue weighted by molar-refractivity contribution is -0.132. The summed E-state index contributed by atoms with van der Waals surface area (Å²) >= 11 is 0. The van der Waals surface area contributed by atoms with Crippen LogP contribution in [0.4, 0.5) is 5.69 Å². The third-order valence-corrected chi connectivity index (χ3v) is 5.54. The Morgan fingerprint density at radius 3 is 2.29 bits per heavy atom. The first kappa shape index (κ1) is 20.4. The number of aliphatic hydroxyl groups is 1. The van der Waals surface area contributed by atoms with Crippen LogP contribution < -0.4 is 9.64 Å². The average molecular weight is 413 g/mol. The fourth-order valence-corrected chi connectivity index (χ4v) is 3.97. The average Bonchev–Trinajstić information content (AvgIpc) is 3.04. The second-order valence-corrected chi connectivity index (χ2v) is 7.60. The van der Waals surface area contributed by atoms with E-state index in [1.54, 1.807) is 31.4 Å². The minimum Gasteiger partial charge on any atom is -0.507 e. The van der Waals surface area contributed by atoms with E-state index in [1.807, 2.05) is 62.4 Å². The molecule has 31 heavy (non-hydrogen) atoms. The number of carbonyl (C=O) groups is 2. The van der Waals surface area contributed by atoms with E-state index in [0.717, 1.165) is 16.7 Å². The molecule has 3 aromatic carbocycles. The highest BCUT2D eigenvalue weighted by atomic mass is 16.5. The Bertz CT molecular complexity index is 1190. The number of methoxy groups -OCH3 is 1. The van der Waals surface area contributed by atoms with Gasteiger partial charge in [-0.25, -0.2) is 0 Å². The summed E-state index contributed by atoms with van der Waals surface area (Å²) in [6.07, 6.45) is 0. The van der Waals surface area contributed by atoms with E-state index in [9.17, 15) is 14.7 Å². The highest BCUT2D eigenvalue weighted by Crippen LogP contribution is 2.43. The smallest absolute Gasteiger partial charge is 0.300 e. The van der Waals surface area contributed by atoms with E-state index in [2.05, 4.69) is 0 Å². The molecular formula is C26H23NO4. The summed E-state index contributed by atoms with van der Waals surface area (Å²) in [5, 5.41) is 11.1. The van der Waals surface area contributed by atoms with E-state index in [0.29, 0.717) is 17.0 Å². The number of nitrogens with zero attached hydrogens (tertiary/aromatic N) is 1. The molecular weight excluding hydrogens is 390 g/mol. The monoisotopic (exact) mass is 413 g/mol. The van der Waals surface area contributed by atoms with Gasteiger partial charge in [0.2, 0.25) is 0 Å². The number of hydrogen-bond acceptors (Lipinski definition) is 4. The minimum atomic E-state index is -0.733. The van der Waals surface area contributed by atoms with Crippen LogP contribution in [0.15, 0.2) is 78.4 Å². The molecule has 156 valence electrons. The number of rotatable bonds is 4. The van der Waals surface area contributed by atoms with Crippen molar-refractivity contribution < 1.29 is 19.4 Å². The van der Waals surface area contributed by atoms with E-state index in [1.165, 1.54) is 4.90 Å². The molecule has 4 rings (SSSR count). The fraction of sp³-hybridized carbons (Fsp3) is 0.154. The molecule has 0 aliphatic carbocycles. The minimum absolute atomic E-state index is 0.0732. The SMILES string of the molecule is COc1ccc(/C(O)=C2/C(=O)C(=O)N(c3ccccc3C)C2c2cccc(C)c2)cc1. The highest BCUT2D eigenvalue weighted by molar-refractivity contribution is 6.51. The maximum Gasteiger partial charge on any atom is 0.300 e. The Hall–Kier alpha value is -3.86. The van der Waals surface area contributed by atoms with Crippen LogP contribution in [0.1, 0.15) is 28.3 Å². The van der Waals surface area contributed by atoms with Crippen LogP contribution in [0.3, 0.4) is 0 Å². The number of para-hydroxylation sites is 1. The molecule has 1 atom stereocenters. The van der Waals surface area contributed by atoms with Gasteiger partial charge in [-0.05, 0) is 55.3 Å². The molecule has 0 saturated carbocycles. The number of benzene rings is 3. The summed E-state index contributed by atoms with van der Waals surface area (Å²) in [7, 11) is 1.56. The largest absolute Gasteiger partial charge is 0.507 e. The number of anilines is 1. The van der Waals surface area contributed by atoms with Crippen molar-refractivity contribution in [2.75, 3.05) is 12.0 Å². The van der Waals surface area contributed by atoms with Gasteiger partial charge in [-0.15, -0.1) is 0 Å². The van der Waals surface area contributed by atoms with Crippen LogP contribution in [0.25, 0.3) is 5.76 Å². The summed E-state index contributed by atoms with van der Waals surface area (Å²) in [5.41, 5.74) is 3.79. The summed E-state index contributed by atoms with van der Waals surface area (Å²) in [5.74, 6) is -0.935. The maximum absolute atomic E-state index is 13.2. The fourth-order valence-electron chi connectivity index (χ4n) is 3.97. The molecule has 1 heterocycles. The van der Waals surface area contributed by atoms with Gasteiger partial charge in [0.25, 0.3) is 11.7 Å². The van der Waals surface area contributed by atoms with E-state index >= 15 is 0 Å². The van der Waals surface area contributed by atoms with Crippen LogP contribution in [0.2, 0.25) is 0 Å². The molecule has 0 spiro atoms. The molecule has 5 heteroatoms. The lowest BCUT2D eigenvalue weighted by Crippen LogP contribution is -2.30. The van der Waals surface area contributed by atoms with Gasteiger partial charge in [0, 0.05) is 11.3 Å². The topological polar surface area (TPSA) is 66.8 Å². The normalized spacial score (nSPS) is 17.8. The van der Waals surface area contributed by atoms with Gasteiger partial charge in [0.15, 0.2) is 0 Å². The van der Waals surface area contributed by atoms with Crippen LogP contribution >= 0.6 is 0 Å². The molecule has 1 saturated heterocycles. The van der Waals surface area contributed by atoms with Gasteiger partial charge >= 0.3 is 0 Å². The first-order valence-electron chi connectivity index (χ1n) is 10.00. The number of carbonyl (C=O) groups excluding carboxylic acids is 2. The number of aryl methyl sites for hydroxylation is 2. The number of ketones is 1. The highest BCUT2D eigenvalue weighted by Gasteiger charge is 2.47. The second kappa shape index (κ2) is 8.11. The van der Waals surface area contributed by atoms with Crippen molar-refractivity contribution in [1.29, 1.82) is 0 Å². The van der Waals surface area contributed by atoms with Crippen molar-refractivity contribution in [3.63, 3.8) is 0 Å².